The maximum absolute atomic E-state index is 12.5. The van der Waals surface area contributed by atoms with Gasteiger partial charge in [-0.25, -0.2) is 0 Å². The first-order valence-electron chi connectivity index (χ1n) is 7.44. The molecule has 0 saturated heterocycles. The second-order valence-corrected chi connectivity index (χ2v) is 5.61. The molecular weight excluding hydrogens is 332 g/mol. The number of aliphatic hydroxyl groups excluding tert-OH is 1. The Morgan fingerprint density at radius 3 is 2.29 bits per heavy atom. The quantitative estimate of drug-likeness (QED) is 0.733. The highest BCUT2D eigenvalue weighted by molar-refractivity contribution is 6.26. The highest BCUT2D eigenvalue weighted by atomic mass is 35.5. The number of benzene rings is 1. The lowest BCUT2D eigenvalue weighted by atomic mass is 9.83. The van der Waals surface area contributed by atoms with E-state index in [1.165, 1.54) is 6.92 Å². The number of allylic oxidation sites excluding steroid dienone is 1. The van der Waals surface area contributed by atoms with Crippen LogP contribution in [0.15, 0.2) is 35.4 Å². The Hall–Kier alpha value is -2.02. The fraction of sp³-hybridized carbons (Fsp3) is 0.353. The molecule has 1 aliphatic carbocycles. The lowest BCUT2D eigenvalue weighted by Gasteiger charge is -2.20. The summed E-state index contributed by atoms with van der Waals surface area (Å²) in [5.41, 5.74) is 7.14. The first-order chi connectivity index (χ1) is 10.8. The topological polar surface area (TPSA) is 109 Å². The number of hydrogen-bond acceptors (Lipinski definition) is 5. The second kappa shape index (κ2) is 8.19. The van der Waals surface area contributed by atoms with Crippen molar-refractivity contribution in [1.82, 2.24) is 5.32 Å². The summed E-state index contributed by atoms with van der Waals surface area (Å²) >= 11 is 0. The van der Waals surface area contributed by atoms with Crippen molar-refractivity contribution in [1.29, 1.82) is 0 Å². The first kappa shape index (κ1) is 20.0. The number of fused-ring (bicyclic) bond motifs is 1. The zero-order chi connectivity index (χ0) is 17.1. The predicted octanol–water partition coefficient (Wildman–Crippen LogP) is 1.02. The maximum atomic E-state index is 12.5. The number of Topliss-reactive ketones (excluding diaryl/α,β-unsaturated/α-hetero) is 2. The van der Waals surface area contributed by atoms with Crippen LogP contribution < -0.4 is 11.1 Å². The van der Waals surface area contributed by atoms with Gasteiger partial charge in [0.2, 0.25) is 5.91 Å². The van der Waals surface area contributed by atoms with Crippen LogP contribution in [0.25, 0.3) is 0 Å². The van der Waals surface area contributed by atoms with Crippen molar-refractivity contribution >= 4 is 29.9 Å². The SMILES string of the molecule is CC1=C(CCNC(=O)[C@@H](N)[C@@H](C)O)C(=O)c2ccccc2C1=O.Cl. The van der Waals surface area contributed by atoms with Gasteiger partial charge in [-0.05, 0) is 20.3 Å². The standard InChI is InChI=1S/C17H20N2O4.ClH/c1-9-11(7-8-19-17(23)14(18)10(2)20)16(22)13-6-4-3-5-12(13)15(9)21;/h3-6,10,14,20H,7-8,18H2,1-2H3,(H,19,23);1H/t10-,14+;/m1./s1. The minimum Gasteiger partial charge on any atom is -0.391 e. The summed E-state index contributed by atoms with van der Waals surface area (Å²) in [5.74, 6) is -0.845. The van der Waals surface area contributed by atoms with Gasteiger partial charge in [-0.1, -0.05) is 24.3 Å². The summed E-state index contributed by atoms with van der Waals surface area (Å²) in [4.78, 5) is 36.5. The van der Waals surface area contributed by atoms with Gasteiger partial charge in [0.25, 0.3) is 0 Å². The Bertz CT molecular complexity index is 698. The van der Waals surface area contributed by atoms with Gasteiger partial charge in [0.05, 0.1) is 6.10 Å². The molecule has 1 aromatic carbocycles. The van der Waals surface area contributed by atoms with E-state index in [2.05, 4.69) is 5.32 Å². The molecule has 2 rings (SSSR count). The van der Waals surface area contributed by atoms with E-state index in [4.69, 9.17) is 5.73 Å². The maximum Gasteiger partial charge on any atom is 0.239 e. The third kappa shape index (κ3) is 3.90. The Morgan fingerprint density at radius 1 is 1.21 bits per heavy atom. The average molecular weight is 353 g/mol. The molecule has 0 heterocycles. The zero-order valence-electron chi connectivity index (χ0n) is 13.5. The Kier molecular flexibility index (Phi) is 6.83. The number of halogens is 1. The number of carbonyl (C=O) groups excluding carboxylic acids is 3. The zero-order valence-corrected chi connectivity index (χ0v) is 14.4. The van der Waals surface area contributed by atoms with Gasteiger partial charge < -0.3 is 16.2 Å². The number of nitrogens with one attached hydrogen (secondary N) is 1. The van der Waals surface area contributed by atoms with Gasteiger partial charge in [-0.15, -0.1) is 12.4 Å². The van der Waals surface area contributed by atoms with Crippen molar-refractivity contribution in [3.8, 4) is 0 Å². The van der Waals surface area contributed by atoms with Crippen molar-refractivity contribution < 1.29 is 19.5 Å². The molecule has 0 bridgehead atoms. The largest absolute Gasteiger partial charge is 0.391 e. The van der Waals surface area contributed by atoms with Crippen molar-refractivity contribution in [2.75, 3.05) is 6.54 Å². The van der Waals surface area contributed by atoms with Gasteiger partial charge in [-0.3, -0.25) is 14.4 Å². The Balaban J connectivity index is 0.00000288. The lowest BCUT2D eigenvalue weighted by Crippen LogP contribution is -2.47. The van der Waals surface area contributed by atoms with Gasteiger partial charge in [0.15, 0.2) is 11.6 Å². The van der Waals surface area contributed by atoms with E-state index in [-0.39, 0.29) is 36.9 Å². The number of aliphatic hydroxyl groups is 1. The summed E-state index contributed by atoms with van der Waals surface area (Å²) < 4.78 is 0. The molecule has 0 fully saturated rings. The highest BCUT2D eigenvalue weighted by Crippen LogP contribution is 2.27. The fourth-order valence-corrected chi connectivity index (χ4v) is 2.50. The first-order valence-corrected chi connectivity index (χ1v) is 7.44. The summed E-state index contributed by atoms with van der Waals surface area (Å²) in [5, 5.41) is 11.8. The van der Waals surface area contributed by atoms with Gasteiger partial charge in [-0.2, -0.15) is 0 Å². The van der Waals surface area contributed by atoms with Crippen LogP contribution >= 0.6 is 12.4 Å². The van der Waals surface area contributed by atoms with Crippen LogP contribution in [0.4, 0.5) is 0 Å². The van der Waals surface area contributed by atoms with E-state index >= 15 is 0 Å². The summed E-state index contributed by atoms with van der Waals surface area (Å²) in [6.07, 6.45) is -0.719. The molecule has 1 aromatic rings. The summed E-state index contributed by atoms with van der Waals surface area (Å²) in [6, 6.07) is 5.68. The van der Waals surface area contributed by atoms with Crippen molar-refractivity contribution in [3.05, 3.63) is 46.5 Å². The Morgan fingerprint density at radius 2 is 1.75 bits per heavy atom. The number of nitrogens with two attached hydrogens (primary N) is 1. The molecule has 24 heavy (non-hydrogen) atoms. The monoisotopic (exact) mass is 352 g/mol. The minimum atomic E-state index is -1.02. The average Bonchev–Trinajstić information content (AvgIpc) is 2.54. The van der Waals surface area contributed by atoms with Gasteiger partial charge in [0.1, 0.15) is 6.04 Å². The predicted molar refractivity (Wildman–Crippen MR) is 92.3 cm³/mol. The van der Waals surface area contributed by atoms with Crippen molar-refractivity contribution in [2.45, 2.75) is 32.4 Å². The molecule has 1 amide bonds. The molecule has 0 radical (unpaired) electrons. The third-order valence-electron chi connectivity index (χ3n) is 3.98. The van der Waals surface area contributed by atoms with Crippen LogP contribution in [-0.4, -0.2) is 41.3 Å². The van der Waals surface area contributed by atoms with Crippen LogP contribution in [0, 0.1) is 0 Å². The van der Waals surface area contributed by atoms with Crippen LogP contribution in [0.5, 0.6) is 0 Å². The molecule has 130 valence electrons. The molecule has 2 atom stereocenters. The molecule has 6 nitrogen and oxygen atoms in total. The number of carbonyl (C=O) groups is 3. The molecule has 4 N–H and O–H groups in total. The molecule has 0 aliphatic heterocycles. The van der Waals surface area contributed by atoms with E-state index in [0.717, 1.165) is 0 Å². The van der Waals surface area contributed by atoms with E-state index < -0.39 is 18.1 Å². The molecule has 0 spiro atoms. The van der Waals surface area contributed by atoms with Gasteiger partial charge in [0, 0.05) is 28.8 Å². The van der Waals surface area contributed by atoms with Crippen molar-refractivity contribution in [3.63, 3.8) is 0 Å². The molecule has 0 saturated carbocycles. The molecular formula is C17H21ClN2O4. The minimum absolute atomic E-state index is 0. The second-order valence-electron chi connectivity index (χ2n) is 5.61. The summed E-state index contributed by atoms with van der Waals surface area (Å²) in [7, 11) is 0. The number of rotatable bonds is 5. The van der Waals surface area contributed by atoms with E-state index in [9.17, 15) is 19.5 Å². The van der Waals surface area contributed by atoms with Crippen LogP contribution in [0.1, 0.15) is 41.0 Å². The van der Waals surface area contributed by atoms with Crippen LogP contribution in [0.2, 0.25) is 0 Å². The number of amides is 1. The smallest absolute Gasteiger partial charge is 0.239 e. The van der Waals surface area contributed by atoms with Crippen LogP contribution in [0.3, 0.4) is 0 Å². The fourth-order valence-electron chi connectivity index (χ4n) is 2.50. The highest BCUT2D eigenvalue weighted by Gasteiger charge is 2.29. The molecule has 1 aliphatic rings. The normalized spacial score (nSPS) is 16.2. The van der Waals surface area contributed by atoms with Crippen LogP contribution in [-0.2, 0) is 4.79 Å². The van der Waals surface area contributed by atoms with Gasteiger partial charge >= 0.3 is 0 Å². The molecule has 7 heteroatoms. The van der Waals surface area contributed by atoms with E-state index in [1.807, 2.05) is 0 Å². The number of ketones is 2. The third-order valence-corrected chi connectivity index (χ3v) is 3.98. The van der Waals surface area contributed by atoms with E-state index in [1.54, 1.807) is 31.2 Å². The number of hydrogen-bond donors (Lipinski definition) is 3. The van der Waals surface area contributed by atoms with E-state index in [0.29, 0.717) is 22.3 Å². The molecule has 0 unspecified atom stereocenters. The lowest BCUT2D eigenvalue weighted by molar-refractivity contribution is -0.124. The molecule has 0 aromatic heterocycles. The summed E-state index contributed by atoms with van der Waals surface area (Å²) in [6.45, 7) is 3.22. The Labute approximate surface area is 146 Å². The van der Waals surface area contributed by atoms with Crippen molar-refractivity contribution in [2.24, 2.45) is 5.73 Å².